The van der Waals surface area contributed by atoms with Gasteiger partial charge >= 0.3 is 0 Å². The molecule has 0 atom stereocenters. The molecule has 0 aliphatic rings. The first-order chi connectivity index (χ1) is 23.8. The van der Waals surface area contributed by atoms with Gasteiger partial charge in [-0.2, -0.15) is 0 Å². The van der Waals surface area contributed by atoms with E-state index in [0.29, 0.717) is 17.5 Å². The summed E-state index contributed by atoms with van der Waals surface area (Å²) in [7, 11) is 0. The molecular formula is C43H25N3O2. The maximum absolute atomic E-state index is 6.24. The van der Waals surface area contributed by atoms with E-state index in [0.717, 1.165) is 66.1 Å². The van der Waals surface area contributed by atoms with Crippen LogP contribution in [0.4, 0.5) is 0 Å². The number of fused-ring (bicyclic) bond motifs is 7. The van der Waals surface area contributed by atoms with Crippen LogP contribution in [0.25, 0.3) is 99.9 Å². The maximum atomic E-state index is 6.24. The predicted molar refractivity (Wildman–Crippen MR) is 194 cm³/mol. The first-order valence-electron chi connectivity index (χ1n) is 15.9. The van der Waals surface area contributed by atoms with E-state index < -0.39 is 0 Å². The molecular weight excluding hydrogens is 590 g/mol. The molecule has 0 N–H and O–H groups in total. The minimum absolute atomic E-state index is 0.570. The van der Waals surface area contributed by atoms with Gasteiger partial charge in [0.25, 0.3) is 0 Å². The Morgan fingerprint density at radius 2 is 0.875 bits per heavy atom. The SMILES string of the molecule is c1ccc2c(-c3ccc(-c4nc(-c5ccc6c(c5)oc5ccccc56)nc(-c5cccc6oc7ccccc7c56)n4)cc3)cccc2c1. The summed E-state index contributed by atoms with van der Waals surface area (Å²) < 4.78 is 12.5. The Bertz CT molecular complexity index is 2840. The van der Waals surface area contributed by atoms with Gasteiger partial charge in [0.05, 0.1) is 0 Å². The lowest BCUT2D eigenvalue weighted by molar-refractivity contribution is 0.668. The van der Waals surface area contributed by atoms with Crippen molar-refractivity contribution >= 4 is 54.6 Å². The van der Waals surface area contributed by atoms with Crippen molar-refractivity contribution in [2.24, 2.45) is 0 Å². The summed E-state index contributed by atoms with van der Waals surface area (Å²) in [6.45, 7) is 0. The monoisotopic (exact) mass is 615 g/mol. The number of hydrogen-bond donors (Lipinski definition) is 0. The Labute approximate surface area is 274 Å². The molecule has 3 aromatic heterocycles. The van der Waals surface area contributed by atoms with Crippen molar-refractivity contribution in [1.82, 2.24) is 15.0 Å². The zero-order valence-corrected chi connectivity index (χ0v) is 25.6. The van der Waals surface area contributed by atoms with Crippen LogP contribution in [0.15, 0.2) is 160 Å². The molecule has 48 heavy (non-hydrogen) atoms. The van der Waals surface area contributed by atoms with Crippen molar-refractivity contribution < 1.29 is 8.83 Å². The molecule has 10 aromatic rings. The molecule has 5 nitrogen and oxygen atoms in total. The number of para-hydroxylation sites is 2. The van der Waals surface area contributed by atoms with Gasteiger partial charge in [0.2, 0.25) is 0 Å². The van der Waals surface area contributed by atoms with Gasteiger partial charge in [-0.3, -0.25) is 0 Å². The predicted octanol–water partition coefficient (Wildman–Crippen LogP) is 11.5. The van der Waals surface area contributed by atoms with Crippen molar-refractivity contribution in [3.63, 3.8) is 0 Å². The number of nitrogens with zero attached hydrogens (tertiary/aromatic N) is 3. The zero-order chi connectivity index (χ0) is 31.6. The van der Waals surface area contributed by atoms with E-state index in [9.17, 15) is 0 Å². The fourth-order valence-corrected chi connectivity index (χ4v) is 6.86. The molecule has 0 unspecified atom stereocenters. The average molecular weight is 616 g/mol. The number of rotatable bonds is 4. The van der Waals surface area contributed by atoms with E-state index in [-0.39, 0.29) is 0 Å². The topological polar surface area (TPSA) is 65.0 Å². The summed E-state index contributed by atoms with van der Waals surface area (Å²) in [5.74, 6) is 1.74. The largest absolute Gasteiger partial charge is 0.456 e. The molecule has 7 aromatic carbocycles. The van der Waals surface area contributed by atoms with Crippen LogP contribution in [-0.2, 0) is 0 Å². The summed E-state index contributed by atoms with van der Waals surface area (Å²) in [5.41, 5.74) is 8.23. The quantitative estimate of drug-likeness (QED) is 0.197. The van der Waals surface area contributed by atoms with Gasteiger partial charge in [0.1, 0.15) is 22.3 Å². The van der Waals surface area contributed by atoms with Crippen molar-refractivity contribution in [3.8, 4) is 45.3 Å². The van der Waals surface area contributed by atoms with Gasteiger partial charge in [-0.15, -0.1) is 0 Å². The lowest BCUT2D eigenvalue weighted by Gasteiger charge is -2.11. The van der Waals surface area contributed by atoms with Gasteiger partial charge in [0.15, 0.2) is 17.5 Å². The molecule has 0 radical (unpaired) electrons. The normalized spacial score (nSPS) is 11.8. The highest BCUT2D eigenvalue weighted by Crippen LogP contribution is 2.38. The molecule has 0 aliphatic carbocycles. The molecule has 0 amide bonds. The van der Waals surface area contributed by atoms with Crippen LogP contribution in [0.2, 0.25) is 0 Å². The van der Waals surface area contributed by atoms with Gasteiger partial charge in [-0.25, -0.2) is 15.0 Å². The highest BCUT2D eigenvalue weighted by molar-refractivity contribution is 6.12. The van der Waals surface area contributed by atoms with Crippen molar-refractivity contribution in [2.75, 3.05) is 0 Å². The van der Waals surface area contributed by atoms with Crippen molar-refractivity contribution in [1.29, 1.82) is 0 Å². The smallest absolute Gasteiger partial charge is 0.164 e. The third kappa shape index (κ3) is 4.22. The van der Waals surface area contributed by atoms with Crippen LogP contribution in [0.5, 0.6) is 0 Å². The Morgan fingerprint density at radius 1 is 0.333 bits per heavy atom. The van der Waals surface area contributed by atoms with Crippen LogP contribution >= 0.6 is 0 Å². The zero-order valence-electron chi connectivity index (χ0n) is 25.6. The second-order valence-electron chi connectivity index (χ2n) is 12.0. The summed E-state index contributed by atoms with van der Waals surface area (Å²) in [4.78, 5) is 15.2. The molecule has 0 bridgehead atoms. The van der Waals surface area contributed by atoms with E-state index in [1.165, 1.54) is 16.3 Å². The summed E-state index contributed by atoms with van der Waals surface area (Å²) >= 11 is 0. The molecule has 0 saturated heterocycles. The third-order valence-electron chi connectivity index (χ3n) is 9.16. The number of aromatic nitrogens is 3. The van der Waals surface area contributed by atoms with Gasteiger partial charge in [0, 0.05) is 38.2 Å². The van der Waals surface area contributed by atoms with Gasteiger partial charge in [-0.05, 0) is 52.2 Å². The molecule has 0 saturated carbocycles. The highest BCUT2D eigenvalue weighted by atomic mass is 16.3. The lowest BCUT2D eigenvalue weighted by Crippen LogP contribution is -2.00. The Morgan fingerprint density at radius 3 is 1.73 bits per heavy atom. The Balaban J connectivity index is 1.16. The number of hydrogen-bond acceptors (Lipinski definition) is 5. The van der Waals surface area contributed by atoms with Crippen molar-refractivity contribution in [3.05, 3.63) is 152 Å². The molecule has 0 spiro atoms. The first-order valence-corrected chi connectivity index (χ1v) is 15.9. The van der Waals surface area contributed by atoms with Crippen LogP contribution in [-0.4, -0.2) is 15.0 Å². The Hall–Kier alpha value is -6.59. The average Bonchev–Trinajstić information content (AvgIpc) is 3.72. The molecule has 0 fully saturated rings. The molecule has 0 aliphatic heterocycles. The second kappa shape index (κ2) is 10.5. The molecule has 10 rings (SSSR count). The fourth-order valence-electron chi connectivity index (χ4n) is 6.86. The summed E-state index contributed by atoms with van der Waals surface area (Å²) in [6, 6.07) is 51.7. The first kappa shape index (κ1) is 26.6. The molecule has 224 valence electrons. The standard InChI is InChI=1S/C43H25N3O2/c1-2-11-30-26(9-1)10-7-14-31(30)27-19-21-28(22-20-27)41-44-42(29-23-24-33-32-12-3-5-16-36(32)48-39(33)25-29)46-43(45-41)35-15-8-18-38-40(35)34-13-4-6-17-37(34)47-38/h1-25H. The minimum atomic E-state index is 0.570. The fraction of sp³-hybridized carbons (Fsp3) is 0. The lowest BCUT2D eigenvalue weighted by atomic mass is 9.97. The van der Waals surface area contributed by atoms with E-state index >= 15 is 0 Å². The maximum Gasteiger partial charge on any atom is 0.164 e. The van der Waals surface area contributed by atoms with Crippen LogP contribution in [0.1, 0.15) is 0 Å². The van der Waals surface area contributed by atoms with Crippen LogP contribution in [0, 0.1) is 0 Å². The van der Waals surface area contributed by atoms with E-state index in [4.69, 9.17) is 23.8 Å². The van der Waals surface area contributed by atoms with Gasteiger partial charge < -0.3 is 8.83 Å². The molecule has 5 heteroatoms. The van der Waals surface area contributed by atoms with E-state index in [1.807, 2.05) is 54.6 Å². The second-order valence-corrected chi connectivity index (χ2v) is 12.0. The number of furan rings is 2. The van der Waals surface area contributed by atoms with Crippen molar-refractivity contribution in [2.45, 2.75) is 0 Å². The van der Waals surface area contributed by atoms with E-state index in [1.54, 1.807) is 0 Å². The van der Waals surface area contributed by atoms with E-state index in [2.05, 4.69) is 97.1 Å². The van der Waals surface area contributed by atoms with Gasteiger partial charge in [-0.1, -0.05) is 121 Å². The summed E-state index contributed by atoms with van der Waals surface area (Å²) in [5, 5.41) is 6.58. The van der Waals surface area contributed by atoms with Crippen LogP contribution in [0.3, 0.4) is 0 Å². The van der Waals surface area contributed by atoms with Crippen LogP contribution < -0.4 is 0 Å². The highest BCUT2D eigenvalue weighted by Gasteiger charge is 2.18. The number of benzene rings is 7. The molecule has 3 heterocycles. The third-order valence-corrected chi connectivity index (χ3v) is 9.16. The summed E-state index contributed by atoms with van der Waals surface area (Å²) in [6.07, 6.45) is 0. The Kier molecular flexibility index (Phi) is 5.81. The minimum Gasteiger partial charge on any atom is -0.456 e.